The number of ether oxygens (including phenoxy) is 2. The first-order valence-corrected chi connectivity index (χ1v) is 13.3. The van der Waals surface area contributed by atoms with Crippen molar-refractivity contribution in [3.63, 3.8) is 0 Å². The molecule has 0 aromatic heterocycles. The molecule has 4 aromatic carbocycles. The van der Waals surface area contributed by atoms with Crippen LogP contribution in [0.4, 0.5) is 5.69 Å². The van der Waals surface area contributed by atoms with Crippen molar-refractivity contribution in [3.05, 3.63) is 119 Å². The van der Waals surface area contributed by atoms with Gasteiger partial charge in [0.05, 0.1) is 24.4 Å². The number of carbonyl (C=O) groups is 2. The minimum atomic E-state index is -1.04. The number of benzene rings is 4. The Hall–Kier alpha value is -5.04. The molecule has 1 aliphatic heterocycles. The fourth-order valence-electron chi connectivity index (χ4n) is 5.16. The first kappa shape index (κ1) is 27.5. The number of methoxy groups -OCH3 is 1. The Morgan fingerprint density at radius 3 is 2.24 bits per heavy atom. The number of aryl methyl sites for hydroxylation is 1. The van der Waals surface area contributed by atoms with Crippen LogP contribution in [-0.4, -0.2) is 29.0 Å². The van der Waals surface area contributed by atoms with Crippen LogP contribution in [0.1, 0.15) is 48.1 Å². The van der Waals surface area contributed by atoms with Crippen LogP contribution in [0, 0.1) is 6.92 Å². The molecule has 0 saturated carbocycles. The smallest absolute Gasteiger partial charge is 0.300 e. The normalized spacial score (nSPS) is 16.3. The number of anilines is 1. The Balaban J connectivity index is 1.73. The third-order valence-corrected chi connectivity index (χ3v) is 7.19. The molecular weight excluding hydrogens is 518 g/mol. The van der Waals surface area contributed by atoms with E-state index in [2.05, 4.69) is 0 Å². The van der Waals surface area contributed by atoms with Gasteiger partial charge in [-0.25, -0.2) is 0 Å². The molecule has 1 amide bonds. The monoisotopic (exact) mass is 549 g/mol. The molecule has 2 N–H and O–H groups in total. The molecule has 41 heavy (non-hydrogen) atoms. The van der Waals surface area contributed by atoms with Crippen LogP contribution in [0.3, 0.4) is 0 Å². The van der Waals surface area contributed by atoms with Crippen molar-refractivity contribution in [1.29, 1.82) is 0 Å². The van der Waals surface area contributed by atoms with Gasteiger partial charge in [0.25, 0.3) is 11.7 Å². The summed E-state index contributed by atoms with van der Waals surface area (Å²) >= 11 is 0. The number of aliphatic hydroxyl groups is 1. The van der Waals surface area contributed by atoms with Gasteiger partial charge in [0.1, 0.15) is 28.8 Å². The maximum atomic E-state index is 13.7. The number of hydrogen-bond donors (Lipinski definition) is 2. The Morgan fingerprint density at radius 2 is 1.56 bits per heavy atom. The van der Waals surface area contributed by atoms with Gasteiger partial charge in [-0.2, -0.15) is 0 Å². The summed E-state index contributed by atoms with van der Waals surface area (Å²) in [6.07, 6.45) is 0. The molecule has 1 unspecified atom stereocenters. The SMILES string of the molecule is COc1cc(C)c(/C(O)=C2\C(=O)C(=O)N(c3ccccc3O)C2c2cccc(Oc3ccccc3)c2)cc1C(C)C. The van der Waals surface area contributed by atoms with Crippen LogP contribution in [-0.2, 0) is 9.59 Å². The number of para-hydroxylation sites is 3. The van der Waals surface area contributed by atoms with Gasteiger partial charge in [-0.15, -0.1) is 0 Å². The molecule has 4 aromatic rings. The molecule has 7 nitrogen and oxygen atoms in total. The number of amides is 1. The molecule has 7 heteroatoms. The number of phenols is 1. The highest BCUT2D eigenvalue weighted by atomic mass is 16.5. The fourth-order valence-corrected chi connectivity index (χ4v) is 5.16. The standard InChI is InChI=1S/C34H31NO6/c1-20(2)25-19-26(21(3)17-29(25)40-4)32(37)30-31(35(34(39)33(30)38)27-15-8-9-16-28(27)36)22-11-10-14-24(18-22)41-23-12-6-5-7-13-23/h5-20,31,36-37H,1-4H3/b32-30+. The number of aliphatic hydroxyl groups excluding tert-OH is 1. The van der Waals surface area contributed by atoms with E-state index in [1.54, 1.807) is 55.6 Å². The molecule has 0 bridgehead atoms. The lowest BCUT2D eigenvalue weighted by Gasteiger charge is -2.26. The summed E-state index contributed by atoms with van der Waals surface area (Å²) in [5.74, 6) is -0.334. The van der Waals surface area contributed by atoms with E-state index in [9.17, 15) is 19.8 Å². The number of aromatic hydroxyl groups is 1. The number of rotatable bonds is 7. The van der Waals surface area contributed by atoms with Gasteiger partial charge in [0.15, 0.2) is 0 Å². The molecular formula is C34H31NO6. The van der Waals surface area contributed by atoms with Crippen LogP contribution in [0.2, 0.25) is 0 Å². The average Bonchev–Trinajstić information content (AvgIpc) is 3.23. The third-order valence-electron chi connectivity index (χ3n) is 7.19. The number of carbonyl (C=O) groups excluding carboxylic acids is 2. The van der Waals surface area contributed by atoms with Crippen molar-refractivity contribution in [2.24, 2.45) is 0 Å². The summed E-state index contributed by atoms with van der Waals surface area (Å²) in [5, 5.41) is 22.5. The highest BCUT2D eigenvalue weighted by Crippen LogP contribution is 2.46. The van der Waals surface area contributed by atoms with Crippen LogP contribution in [0.25, 0.3) is 5.76 Å². The molecule has 1 atom stereocenters. The maximum Gasteiger partial charge on any atom is 0.300 e. The molecule has 1 fully saturated rings. The summed E-state index contributed by atoms with van der Waals surface area (Å²) in [5.41, 5.74) is 2.55. The van der Waals surface area contributed by atoms with E-state index in [1.165, 1.54) is 11.0 Å². The lowest BCUT2D eigenvalue weighted by atomic mass is 9.91. The van der Waals surface area contributed by atoms with Crippen molar-refractivity contribution >= 4 is 23.1 Å². The predicted molar refractivity (Wildman–Crippen MR) is 158 cm³/mol. The Labute approximate surface area is 238 Å². The third kappa shape index (κ3) is 5.14. The van der Waals surface area contributed by atoms with Crippen LogP contribution in [0.15, 0.2) is 96.6 Å². The van der Waals surface area contributed by atoms with E-state index in [0.29, 0.717) is 33.9 Å². The minimum Gasteiger partial charge on any atom is -0.507 e. The van der Waals surface area contributed by atoms with Gasteiger partial charge in [-0.3, -0.25) is 14.5 Å². The van der Waals surface area contributed by atoms with Crippen LogP contribution in [0.5, 0.6) is 23.0 Å². The Morgan fingerprint density at radius 1 is 0.878 bits per heavy atom. The van der Waals surface area contributed by atoms with Gasteiger partial charge < -0.3 is 19.7 Å². The van der Waals surface area contributed by atoms with E-state index in [0.717, 1.165) is 5.56 Å². The van der Waals surface area contributed by atoms with E-state index in [-0.39, 0.29) is 28.7 Å². The van der Waals surface area contributed by atoms with E-state index in [1.807, 2.05) is 57.2 Å². The average molecular weight is 550 g/mol. The van der Waals surface area contributed by atoms with Crippen molar-refractivity contribution in [1.82, 2.24) is 0 Å². The van der Waals surface area contributed by atoms with Crippen LogP contribution >= 0.6 is 0 Å². The van der Waals surface area contributed by atoms with E-state index in [4.69, 9.17) is 9.47 Å². The highest BCUT2D eigenvalue weighted by Gasteiger charge is 2.48. The quantitative estimate of drug-likeness (QED) is 0.143. The second-order valence-electron chi connectivity index (χ2n) is 10.2. The second kappa shape index (κ2) is 11.2. The van der Waals surface area contributed by atoms with Gasteiger partial charge in [-0.05, 0) is 78.1 Å². The van der Waals surface area contributed by atoms with Crippen molar-refractivity contribution in [2.45, 2.75) is 32.7 Å². The summed E-state index contributed by atoms with van der Waals surface area (Å²) in [7, 11) is 1.59. The maximum absolute atomic E-state index is 13.7. The highest BCUT2D eigenvalue weighted by molar-refractivity contribution is 6.52. The zero-order valence-corrected chi connectivity index (χ0v) is 23.3. The van der Waals surface area contributed by atoms with E-state index < -0.39 is 17.7 Å². The Kier molecular flexibility index (Phi) is 7.53. The van der Waals surface area contributed by atoms with Gasteiger partial charge >= 0.3 is 0 Å². The lowest BCUT2D eigenvalue weighted by Crippen LogP contribution is -2.29. The molecule has 208 valence electrons. The number of nitrogens with zero attached hydrogens (tertiary/aromatic N) is 1. The zero-order valence-electron chi connectivity index (χ0n) is 23.3. The number of Topliss-reactive ketones (excluding diaryl/α,β-unsaturated/α-hetero) is 1. The van der Waals surface area contributed by atoms with E-state index >= 15 is 0 Å². The second-order valence-corrected chi connectivity index (χ2v) is 10.2. The lowest BCUT2D eigenvalue weighted by molar-refractivity contribution is -0.132. The molecule has 5 rings (SSSR count). The number of hydrogen-bond acceptors (Lipinski definition) is 6. The molecule has 0 radical (unpaired) electrons. The molecule has 0 aliphatic carbocycles. The largest absolute Gasteiger partial charge is 0.507 e. The molecule has 1 heterocycles. The fraction of sp³-hybridized carbons (Fsp3) is 0.176. The van der Waals surface area contributed by atoms with Crippen molar-refractivity contribution in [2.75, 3.05) is 12.0 Å². The number of ketones is 1. The van der Waals surface area contributed by atoms with Crippen LogP contribution < -0.4 is 14.4 Å². The zero-order chi connectivity index (χ0) is 29.3. The molecule has 1 aliphatic rings. The molecule has 0 spiro atoms. The summed E-state index contributed by atoms with van der Waals surface area (Å²) in [4.78, 5) is 28.5. The minimum absolute atomic E-state index is 0.0726. The van der Waals surface area contributed by atoms with Crippen molar-refractivity contribution < 1.29 is 29.3 Å². The summed E-state index contributed by atoms with van der Waals surface area (Å²) in [6.45, 7) is 5.82. The first-order valence-electron chi connectivity index (χ1n) is 13.3. The predicted octanol–water partition coefficient (Wildman–Crippen LogP) is 7.25. The summed E-state index contributed by atoms with van der Waals surface area (Å²) in [6, 6.07) is 25.1. The summed E-state index contributed by atoms with van der Waals surface area (Å²) < 4.78 is 11.6. The molecule has 1 saturated heterocycles. The first-order chi connectivity index (χ1) is 19.7. The topological polar surface area (TPSA) is 96.3 Å². The van der Waals surface area contributed by atoms with Gasteiger partial charge in [0, 0.05) is 5.56 Å². The van der Waals surface area contributed by atoms with Gasteiger partial charge in [-0.1, -0.05) is 56.3 Å². The van der Waals surface area contributed by atoms with Gasteiger partial charge in [0.2, 0.25) is 0 Å². The number of phenolic OH excluding ortho intramolecular Hbond substituents is 1. The Bertz CT molecular complexity index is 1660. The van der Waals surface area contributed by atoms with Crippen molar-refractivity contribution in [3.8, 4) is 23.0 Å².